The van der Waals surface area contributed by atoms with Crippen LogP contribution in [0.4, 0.5) is 0 Å². The maximum Gasteiger partial charge on any atom is 0.260 e. The molecule has 1 heterocycles. The lowest BCUT2D eigenvalue weighted by Gasteiger charge is -2.26. The molecule has 20 heavy (non-hydrogen) atoms. The average molecular weight is 278 g/mol. The molecule has 2 N–H and O–H groups in total. The van der Waals surface area contributed by atoms with Crippen LogP contribution >= 0.6 is 0 Å². The van der Waals surface area contributed by atoms with E-state index in [1.54, 1.807) is 4.90 Å². The van der Waals surface area contributed by atoms with E-state index in [2.05, 4.69) is 0 Å². The Morgan fingerprint density at radius 3 is 2.90 bits per heavy atom. The first-order valence-corrected chi connectivity index (χ1v) is 6.98. The van der Waals surface area contributed by atoms with Gasteiger partial charge in [0, 0.05) is 19.1 Å². The molecule has 0 bridgehead atoms. The van der Waals surface area contributed by atoms with E-state index in [0.717, 1.165) is 12.0 Å². The highest BCUT2D eigenvalue weighted by Crippen LogP contribution is 2.14. The van der Waals surface area contributed by atoms with E-state index in [4.69, 9.17) is 15.2 Å². The number of amides is 1. The molecule has 1 saturated heterocycles. The van der Waals surface area contributed by atoms with Gasteiger partial charge in [-0.05, 0) is 31.0 Å². The molecule has 0 aromatic heterocycles. The molecule has 110 valence electrons. The van der Waals surface area contributed by atoms with E-state index < -0.39 is 0 Å². The summed E-state index contributed by atoms with van der Waals surface area (Å²) in [5, 5.41) is 0. The van der Waals surface area contributed by atoms with Gasteiger partial charge in [-0.3, -0.25) is 4.79 Å². The molecule has 1 unspecified atom stereocenters. The minimum Gasteiger partial charge on any atom is -0.484 e. The molecule has 0 radical (unpaired) electrons. The van der Waals surface area contributed by atoms with Crippen LogP contribution < -0.4 is 10.5 Å². The van der Waals surface area contributed by atoms with Crippen molar-refractivity contribution in [1.82, 2.24) is 4.90 Å². The first-order valence-electron chi connectivity index (χ1n) is 6.98. The molecule has 1 aliphatic heterocycles. The fraction of sp³-hybridized carbons (Fsp3) is 0.533. The third-order valence-corrected chi connectivity index (χ3v) is 3.18. The third-order valence-electron chi connectivity index (χ3n) is 3.18. The first kappa shape index (κ1) is 14.8. The number of benzene rings is 1. The van der Waals surface area contributed by atoms with Crippen molar-refractivity contribution in [2.24, 2.45) is 5.73 Å². The summed E-state index contributed by atoms with van der Waals surface area (Å²) in [7, 11) is 0. The second-order valence-electron chi connectivity index (χ2n) is 5.11. The second-order valence-corrected chi connectivity index (χ2v) is 5.11. The summed E-state index contributed by atoms with van der Waals surface area (Å²) in [6, 6.07) is 7.85. The number of morpholine rings is 1. The molecule has 1 aromatic carbocycles. The summed E-state index contributed by atoms with van der Waals surface area (Å²) >= 11 is 0. The first-order chi connectivity index (χ1) is 9.65. The van der Waals surface area contributed by atoms with Crippen LogP contribution in [0.3, 0.4) is 0 Å². The summed E-state index contributed by atoms with van der Waals surface area (Å²) < 4.78 is 10.8. The quantitative estimate of drug-likeness (QED) is 0.866. The molecule has 0 spiro atoms. The van der Waals surface area contributed by atoms with Gasteiger partial charge in [0.15, 0.2) is 6.61 Å². The van der Waals surface area contributed by atoms with Crippen LogP contribution in [0, 0.1) is 0 Å². The molecular weight excluding hydrogens is 256 g/mol. The SMILES string of the molecule is CC(N)Cc1cccc(OCC(=O)N2CCOCC2)c1. The molecule has 0 saturated carbocycles. The van der Waals surface area contributed by atoms with E-state index in [0.29, 0.717) is 32.1 Å². The van der Waals surface area contributed by atoms with Crippen LogP contribution in [0.1, 0.15) is 12.5 Å². The zero-order valence-corrected chi connectivity index (χ0v) is 11.9. The van der Waals surface area contributed by atoms with Crippen molar-refractivity contribution in [3.63, 3.8) is 0 Å². The van der Waals surface area contributed by atoms with Gasteiger partial charge in [0.05, 0.1) is 13.2 Å². The van der Waals surface area contributed by atoms with Crippen LogP contribution in [-0.2, 0) is 16.0 Å². The number of carbonyl (C=O) groups is 1. The summed E-state index contributed by atoms with van der Waals surface area (Å²) in [5.74, 6) is 0.718. The number of hydrogen-bond acceptors (Lipinski definition) is 4. The van der Waals surface area contributed by atoms with Crippen molar-refractivity contribution in [1.29, 1.82) is 0 Å². The Hall–Kier alpha value is -1.59. The van der Waals surface area contributed by atoms with Gasteiger partial charge in [-0.15, -0.1) is 0 Å². The van der Waals surface area contributed by atoms with Gasteiger partial charge in [0.25, 0.3) is 5.91 Å². The largest absolute Gasteiger partial charge is 0.484 e. The van der Waals surface area contributed by atoms with E-state index >= 15 is 0 Å². The summed E-state index contributed by atoms with van der Waals surface area (Å²) in [6.07, 6.45) is 0.800. The lowest BCUT2D eigenvalue weighted by Crippen LogP contribution is -2.42. The number of carbonyl (C=O) groups excluding carboxylic acids is 1. The topological polar surface area (TPSA) is 64.8 Å². The zero-order chi connectivity index (χ0) is 14.4. The fourth-order valence-corrected chi connectivity index (χ4v) is 2.18. The highest BCUT2D eigenvalue weighted by atomic mass is 16.5. The van der Waals surface area contributed by atoms with Gasteiger partial charge in [-0.2, -0.15) is 0 Å². The molecule has 1 amide bonds. The minimum absolute atomic E-state index is 0.00546. The highest BCUT2D eigenvalue weighted by molar-refractivity contribution is 5.77. The predicted molar refractivity (Wildman–Crippen MR) is 76.7 cm³/mol. The summed E-state index contributed by atoms with van der Waals surface area (Å²) in [4.78, 5) is 13.7. The summed E-state index contributed by atoms with van der Waals surface area (Å²) in [6.45, 7) is 4.54. The van der Waals surface area contributed by atoms with Gasteiger partial charge in [0.1, 0.15) is 5.75 Å². The minimum atomic E-state index is 0.00546. The Labute approximate surface area is 119 Å². The number of nitrogens with zero attached hydrogens (tertiary/aromatic N) is 1. The van der Waals surface area contributed by atoms with Crippen molar-refractivity contribution >= 4 is 5.91 Å². The van der Waals surface area contributed by atoms with Crippen LogP contribution in [0.2, 0.25) is 0 Å². The van der Waals surface area contributed by atoms with E-state index in [9.17, 15) is 4.79 Å². The number of rotatable bonds is 5. The van der Waals surface area contributed by atoms with E-state index in [1.807, 2.05) is 31.2 Å². The Balaban J connectivity index is 1.85. The number of nitrogens with two attached hydrogens (primary N) is 1. The second kappa shape index (κ2) is 7.26. The van der Waals surface area contributed by atoms with Crippen molar-refractivity contribution in [3.8, 4) is 5.75 Å². The Kier molecular flexibility index (Phi) is 5.38. The third kappa shape index (κ3) is 4.51. The Morgan fingerprint density at radius 2 is 2.20 bits per heavy atom. The summed E-state index contributed by atoms with van der Waals surface area (Å²) in [5.41, 5.74) is 6.90. The molecule has 1 atom stereocenters. The smallest absolute Gasteiger partial charge is 0.260 e. The molecule has 5 nitrogen and oxygen atoms in total. The van der Waals surface area contributed by atoms with Crippen molar-refractivity contribution < 1.29 is 14.3 Å². The van der Waals surface area contributed by atoms with Gasteiger partial charge < -0.3 is 20.1 Å². The van der Waals surface area contributed by atoms with Crippen molar-refractivity contribution in [2.45, 2.75) is 19.4 Å². The predicted octanol–water partition coefficient (Wildman–Crippen LogP) is 0.814. The molecule has 5 heteroatoms. The maximum atomic E-state index is 12.0. The number of ether oxygens (including phenoxy) is 2. The molecule has 1 aromatic rings. The normalized spacial score (nSPS) is 16.8. The molecule has 2 rings (SSSR count). The van der Waals surface area contributed by atoms with Gasteiger partial charge in [-0.25, -0.2) is 0 Å². The van der Waals surface area contributed by atoms with Crippen LogP contribution in [0.5, 0.6) is 5.75 Å². The molecule has 1 fully saturated rings. The molecule has 0 aliphatic carbocycles. The average Bonchev–Trinajstić information content (AvgIpc) is 2.45. The van der Waals surface area contributed by atoms with Gasteiger partial charge >= 0.3 is 0 Å². The fourth-order valence-electron chi connectivity index (χ4n) is 2.18. The standard InChI is InChI=1S/C15H22N2O3/c1-12(16)9-13-3-2-4-14(10-13)20-11-15(18)17-5-7-19-8-6-17/h2-4,10,12H,5-9,11,16H2,1H3. The molecule has 1 aliphatic rings. The Morgan fingerprint density at radius 1 is 1.45 bits per heavy atom. The van der Waals surface area contributed by atoms with E-state index in [1.165, 1.54) is 0 Å². The van der Waals surface area contributed by atoms with Gasteiger partial charge in [0.2, 0.25) is 0 Å². The van der Waals surface area contributed by atoms with Crippen LogP contribution in [0.15, 0.2) is 24.3 Å². The van der Waals surface area contributed by atoms with Crippen molar-refractivity contribution in [3.05, 3.63) is 29.8 Å². The van der Waals surface area contributed by atoms with Crippen LogP contribution in [0.25, 0.3) is 0 Å². The van der Waals surface area contributed by atoms with Crippen molar-refractivity contribution in [2.75, 3.05) is 32.9 Å². The zero-order valence-electron chi connectivity index (χ0n) is 11.9. The highest BCUT2D eigenvalue weighted by Gasteiger charge is 2.17. The molecular formula is C15H22N2O3. The maximum absolute atomic E-state index is 12.0. The van der Waals surface area contributed by atoms with Gasteiger partial charge in [-0.1, -0.05) is 12.1 Å². The lowest BCUT2D eigenvalue weighted by molar-refractivity contribution is -0.137. The van der Waals surface area contributed by atoms with E-state index in [-0.39, 0.29) is 18.6 Å². The Bertz CT molecular complexity index is 442. The monoisotopic (exact) mass is 278 g/mol. The number of hydrogen-bond donors (Lipinski definition) is 1. The van der Waals surface area contributed by atoms with Crippen LogP contribution in [-0.4, -0.2) is 49.8 Å². The lowest BCUT2D eigenvalue weighted by atomic mass is 10.1.